The Morgan fingerprint density at radius 1 is 0.974 bits per heavy atom. The first-order valence-electron chi connectivity index (χ1n) is 13.2. The summed E-state index contributed by atoms with van der Waals surface area (Å²) in [6.07, 6.45) is -0.0232. The SMILES string of the molecule is COc1ccc(-c2c(C)c3c(c(C)c2[C@H](OC(C)(C)C)C(=O)O)CCN(C(=O)c2cccc(F)c2)CC3)cc1. The molecule has 3 aromatic carbocycles. The normalized spacial score (nSPS) is 14.4. The maximum absolute atomic E-state index is 13.8. The number of carboxylic acid groups (broad SMARTS) is 1. The van der Waals surface area contributed by atoms with Crippen molar-refractivity contribution in [1.29, 1.82) is 0 Å². The van der Waals surface area contributed by atoms with Crippen LogP contribution in [0.1, 0.15) is 65.1 Å². The molecule has 7 heteroatoms. The number of carboxylic acids is 1. The Bertz CT molecular complexity index is 1390. The third-order valence-corrected chi connectivity index (χ3v) is 7.28. The number of halogens is 1. The predicted molar refractivity (Wildman–Crippen MR) is 149 cm³/mol. The van der Waals surface area contributed by atoms with E-state index >= 15 is 0 Å². The van der Waals surface area contributed by atoms with E-state index in [9.17, 15) is 19.1 Å². The second-order valence-electron chi connectivity index (χ2n) is 11.0. The fraction of sp³-hybridized carbons (Fsp3) is 0.375. The lowest BCUT2D eigenvalue weighted by Crippen LogP contribution is -2.33. The van der Waals surface area contributed by atoms with Crippen LogP contribution in [0.25, 0.3) is 11.1 Å². The molecule has 0 saturated heterocycles. The van der Waals surface area contributed by atoms with Gasteiger partial charge in [0.2, 0.25) is 0 Å². The van der Waals surface area contributed by atoms with Crippen molar-refractivity contribution in [1.82, 2.24) is 4.90 Å². The summed E-state index contributed by atoms with van der Waals surface area (Å²) < 4.78 is 25.3. The van der Waals surface area contributed by atoms with Crippen LogP contribution in [0.4, 0.5) is 4.39 Å². The first-order chi connectivity index (χ1) is 18.4. The molecule has 3 aromatic rings. The van der Waals surface area contributed by atoms with Crippen LogP contribution >= 0.6 is 0 Å². The van der Waals surface area contributed by atoms with Crippen molar-refractivity contribution >= 4 is 11.9 Å². The zero-order valence-electron chi connectivity index (χ0n) is 23.4. The molecule has 4 rings (SSSR count). The van der Waals surface area contributed by atoms with E-state index in [1.54, 1.807) is 18.1 Å². The minimum absolute atomic E-state index is 0.215. The van der Waals surface area contributed by atoms with Crippen LogP contribution < -0.4 is 4.74 Å². The van der Waals surface area contributed by atoms with Crippen molar-refractivity contribution in [3.63, 3.8) is 0 Å². The Morgan fingerprint density at radius 3 is 2.13 bits per heavy atom. The fourth-order valence-electron chi connectivity index (χ4n) is 5.49. The molecular weight excluding hydrogens is 497 g/mol. The molecule has 1 aliphatic rings. The zero-order chi connectivity index (χ0) is 28.5. The first kappa shape index (κ1) is 28.3. The molecule has 0 bridgehead atoms. The first-order valence-corrected chi connectivity index (χ1v) is 13.2. The van der Waals surface area contributed by atoms with Crippen LogP contribution in [-0.2, 0) is 22.4 Å². The summed E-state index contributed by atoms with van der Waals surface area (Å²) >= 11 is 0. The second kappa shape index (κ2) is 11.2. The second-order valence-corrected chi connectivity index (χ2v) is 11.0. The third-order valence-electron chi connectivity index (χ3n) is 7.28. The monoisotopic (exact) mass is 533 g/mol. The topological polar surface area (TPSA) is 76.1 Å². The third kappa shape index (κ3) is 5.98. The Balaban J connectivity index is 1.85. The number of methoxy groups -OCH3 is 1. The van der Waals surface area contributed by atoms with Gasteiger partial charge in [-0.25, -0.2) is 9.18 Å². The van der Waals surface area contributed by atoms with Crippen molar-refractivity contribution in [2.75, 3.05) is 20.2 Å². The van der Waals surface area contributed by atoms with Crippen LogP contribution in [0.3, 0.4) is 0 Å². The highest BCUT2D eigenvalue weighted by Crippen LogP contribution is 2.42. The molecule has 1 aliphatic heterocycles. The summed E-state index contributed by atoms with van der Waals surface area (Å²) in [5.74, 6) is -1.01. The van der Waals surface area contributed by atoms with Gasteiger partial charge in [-0.15, -0.1) is 0 Å². The number of hydrogen-bond donors (Lipinski definition) is 1. The van der Waals surface area contributed by atoms with Crippen LogP contribution in [0.2, 0.25) is 0 Å². The van der Waals surface area contributed by atoms with E-state index in [0.29, 0.717) is 42.8 Å². The lowest BCUT2D eigenvalue weighted by molar-refractivity contribution is -0.160. The molecule has 6 nitrogen and oxygen atoms in total. The van der Waals surface area contributed by atoms with Crippen LogP contribution in [0, 0.1) is 19.7 Å². The number of carbonyl (C=O) groups excluding carboxylic acids is 1. The lowest BCUT2D eigenvalue weighted by Gasteiger charge is -2.30. The molecule has 1 atom stereocenters. The minimum atomic E-state index is -1.18. The molecular formula is C32H36FNO5. The number of hydrogen-bond acceptors (Lipinski definition) is 4. The number of fused-ring (bicyclic) bond motifs is 1. The van der Waals surface area contributed by atoms with Gasteiger partial charge in [0.1, 0.15) is 11.6 Å². The molecule has 0 spiro atoms. The van der Waals surface area contributed by atoms with E-state index in [1.165, 1.54) is 18.2 Å². The van der Waals surface area contributed by atoms with Gasteiger partial charge in [0.15, 0.2) is 6.10 Å². The van der Waals surface area contributed by atoms with Gasteiger partial charge >= 0.3 is 5.97 Å². The molecule has 1 N–H and O–H groups in total. The quantitative estimate of drug-likeness (QED) is 0.402. The number of amides is 1. The van der Waals surface area contributed by atoms with E-state index in [2.05, 4.69) is 0 Å². The molecule has 0 radical (unpaired) electrons. The van der Waals surface area contributed by atoms with E-state index in [1.807, 2.05) is 58.9 Å². The van der Waals surface area contributed by atoms with Gasteiger partial charge in [-0.2, -0.15) is 0 Å². The minimum Gasteiger partial charge on any atom is -0.497 e. The van der Waals surface area contributed by atoms with Gasteiger partial charge in [0.25, 0.3) is 5.91 Å². The van der Waals surface area contributed by atoms with Crippen LogP contribution in [-0.4, -0.2) is 47.7 Å². The number of carbonyl (C=O) groups is 2. The molecule has 1 heterocycles. The highest BCUT2D eigenvalue weighted by Gasteiger charge is 2.34. The molecule has 0 unspecified atom stereocenters. The van der Waals surface area contributed by atoms with Crippen molar-refractivity contribution in [2.24, 2.45) is 0 Å². The molecule has 0 aromatic heterocycles. The Kier molecular flexibility index (Phi) is 8.12. The standard InChI is InChI=1S/C32H36FNO5/c1-19-25-14-16-34(30(35)22-8-7-9-23(33)18-22)17-15-26(25)20(2)28(29(31(36)37)39-32(3,4)5)27(19)21-10-12-24(38-6)13-11-21/h7-13,18,29H,14-17H2,1-6H3,(H,36,37)/t29-/m0/s1. The van der Waals surface area contributed by atoms with E-state index < -0.39 is 23.5 Å². The maximum atomic E-state index is 13.8. The molecule has 0 fully saturated rings. The Hall–Kier alpha value is -3.71. The maximum Gasteiger partial charge on any atom is 0.337 e. The number of rotatable bonds is 6. The Labute approximate surface area is 229 Å². The van der Waals surface area contributed by atoms with Crippen molar-refractivity contribution in [3.8, 4) is 16.9 Å². The summed E-state index contributed by atoms with van der Waals surface area (Å²) in [5.41, 5.74) is 5.93. The van der Waals surface area contributed by atoms with Gasteiger partial charge in [-0.05, 0) is 111 Å². The molecule has 1 amide bonds. The molecule has 206 valence electrons. The van der Waals surface area contributed by atoms with Crippen LogP contribution in [0.15, 0.2) is 48.5 Å². The van der Waals surface area contributed by atoms with Crippen LogP contribution in [0.5, 0.6) is 5.75 Å². The Morgan fingerprint density at radius 2 is 1.59 bits per heavy atom. The summed E-state index contributed by atoms with van der Waals surface area (Å²) in [7, 11) is 1.60. The summed E-state index contributed by atoms with van der Waals surface area (Å²) in [4.78, 5) is 27.7. The van der Waals surface area contributed by atoms with Crippen molar-refractivity contribution in [2.45, 2.75) is 59.2 Å². The summed E-state index contributed by atoms with van der Waals surface area (Å²) in [5, 5.41) is 10.4. The summed E-state index contributed by atoms with van der Waals surface area (Å²) in [6, 6.07) is 13.3. The number of benzene rings is 3. The fourth-order valence-corrected chi connectivity index (χ4v) is 5.49. The molecule has 39 heavy (non-hydrogen) atoms. The van der Waals surface area contributed by atoms with Gasteiger partial charge in [-0.1, -0.05) is 18.2 Å². The molecule has 0 saturated carbocycles. The number of ether oxygens (including phenoxy) is 2. The number of aliphatic carboxylic acids is 1. The van der Waals surface area contributed by atoms with E-state index in [0.717, 1.165) is 33.4 Å². The lowest BCUT2D eigenvalue weighted by atomic mass is 9.81. The molecule has 0 aliphatic carbocycles. The van der Waals surface area contributed by atoms with Gasteiger partial charge in [0.05, 0.1) is 12.7 Å². The van der Waals surface area contributed by atoms with Gasteiger partial charge < -0.3 is 19.5 Å². The average molecular weight is 534 g/mol. The average Bonchev–Trinajstić information content (AvgIpc) is 3.12. The highest BCUT2D eigenvalue weighted by atomic mass is 19.1. The highest BCUT2D eigenvalue weighted by molar-refractivity contribution is 5.94. The van der Waals surface area contributed by atoms with E-state index in [4.69, 9.17) is 9.47 Å². The number of nitrogens with zero attached hydrogens (tertiary/aromatic N) is 1. The zero-order valence-corrected chi connectivity index (χ0v) is 23.4. The van der Waals surface area contributed by atoms with Crippen molar-refractivity contribution in [3.05, 3.63) is 87.7 Å². The predicted octanol–water partition coefficient (Wildman–Crippen LogP) is 6.30. The van der Waals surface area contributed by atoms with Gasteiger partial charge in [-0.3, -0.25) is 4.79 Å². The van der Waals surface area contributed by atoms with E-state index in [-0.39, 0.29) is 5.91 Å². The smallest absolute Gasteiger partial charge is 0.337 e. The van der Waals surface area contributed by atoms with Gasteiger partial charge in [0, 0.05) is 24.2 Å². The largest absolute Gasteiger partial charge is 0.497 e. The summed E-state index contributed by atoms with van der Waals surface area (Å²) in [6.45, 7) is 10.4. The van der Waals surface area contributed by atoms with Crippen molar-refractivity contribution < 1.29 is 28.6 Å².